The van der Waals surface area contributed by atoms with Crippen LogP contribution in [0.15, 0.2) is 55.1 Å². The molecule has 7 rings (SSSR count). The number of anilines is 3. The highest BCUT2D eigenvalue weighted by molar-refractivity contribution is 6.05. The van der Waals surface area contributed by atoms with Gasteiger partial charge in [-0.2, -0.15) is 0 Å². The first-order valence-electron chi connectivity index (χ1n) is 14.3. The van der Waals surface area contributed by atoms with Gasteiger partial charge in [-0.25, -0.2) is 9.97 Å². The summed E-state index contributed by atoms with van der Waals surface area (Å²) in [6.07, 6.45) is 8.78. The number of hydrogen-bond donors (Lipinski definition) is 3. The number of hydrogen-bond acceptors (Lipinski definition) is 9. The molecule has 0 unspecified atom stereocenters. The summed E-state index contributed by atoms with van der Waals surface area (Å²) >= 11 is 0. The number of nitrogens with zero attached hydrogens (tertiary/aromatic N) is 7. The molecule has 0 spiro atoms. The van der Waals surface area contributed by atoms with E-state index in [0.29, 0.717) is 23.6 Å². The molecule has 3 aliphatic heterocycles. The minimum atomic E-state index is -0.634. The van der Waals surface area contributed by atoms with E-state index in [4.69, 9.17) is 4.98 Å². The van der Waals surface area contributed by atoms with Crippen LogP contribution in [0.2, 0.25) is 0 Å². The highest BCUT2D eigenvalue weighted by Crippen LogP contribution is 2.34. The maximum atomic E-state index is 12.9. The molecule has 2 saturated heterocycles. The predicted molar refractivity (Wildman–Crippen MR) is 157 cm³/mol. The Hall–Kier alpha value is -4.06. The van der Waals surface area contributed by atoms with Crippen LogP contribution in [0, 0.1) is 0 Å². The molecule has 0 aliphatic carbocycles. The molecule has 4 aromatic rings. The average molecular weight is 554 g/mol. The molecule has 4 aromatic heterocycles. The number of rotatable bonds is 6. The van der Waals surface area contributed by atoms with E-state index in [0.717, 1.165) is 86.9 Å². The summed E-state index contributed by atoms with van der Waals surface area (Å²) in [7, 11) is 2.15. The van der Waals surface area contributed by atoms with Crippen LogP contribution in [0.5, 0.6) is 0 Å². The van der Waals surface area contributed by atoms with Crippen LogP contribution in [0.1, 0.15) is 28.8 Å². The summed E-state index contributed by atoms with van der Waals surface area (Å²) in [6.45, 7) is 6.90. The van der Waals surface area contributed by atoms with Crippen molar-refractivity contribution in [1.29, 1.82) is 0 Å². The fourth-order valence-electron chi connectivity index (χ4n) is 6.21. The van der Waals surface area contributed by atoms with Crippen molar-refractivity contribution in [3.8, 4) is 11.4 Å². The number of aliphatic hydroxyl groups is 1. The molecular weight excluding hydrogens is 518 g/mol. The number of carbonyl (C=O) groups excluding carboxylic acids is 1. The number of piperidine rings is 1. The fourth-order valence-corrected chi connectivity index (χ4v) is 6.21. The summed E-state index contributed by atoms with van der Waals surface area (Å²) in [5, 5.41) is 17.5. The predicted octanol–water partition coefficient (Wildman–Crippen LogP) is 2.36. The zero-order valence-electron chi connectivity index (χ0n) is 23.3. The van der Waals surface area contributed by atoms with E-state index < -0.39 is 5.60 Å². The minimum Gasteiger partial charge on any atom is -0.388 e. The fraction of sp³-hybridized carbons (Fsp3) is 0.400. The van der Waals surface area contributed by atoms with Crippen molar-refractivity contribution in [2.24, 2.45) is 0 Å². The number of carbonyl (C=O) groups is 1. The van der Waals surface area contributed by atoms with E-state index in [1.807, 2.05) is 47.1 Å². The van der Waals surface area contributed by atoms with Crippen LogP contribution >= 0.6 is 0 Å². The van der Waals surface area contributed by atoms with E-state index >= 15 is 0 Å². The number of aromatic nitrogens is 4. The molecule has 41 heavy (non-hydrogen) atoms. The third-order valence-corrected chi connectivity index (χ3v) is 8.68. The summed E-state index contributed by atoms with van der Waals surface area (Å²) < 4.78 is 1.98. The van der Waals surface area contributed by atoms with Crippen LogP contribution in [0.25, 0.3) is 17.0 Å². The van der Waals surface area contributed by atoms with Gasteiger partial charge in [0.25, 0.3) is 5.91 Å². The molecule has 11 nitrogen and oxygen atoms in total. The molecule has 0 bridgehead atoms. The lowest BCUT2D eigenvalue weighted by molar-refractivity contribution is -0.0250. The zero-order chi connectivity index (χ0) is 28.0. The van der Waals surface area contributed by atoms with Crippen LogP contribution < -0.4 is 15.5 Å². The number of likely N-dealkylation sites (N-methyl/N-ethyl adjacent to an activating group) is 1. The second-order valence-electron chi connectivity index (χ2n) is 11.4. The van der Waals surface area contributed by atoms with Crippen LogP contribution in [-0.4, -0.2) is 98.6 Å². The van der Waals surface area contributed by atoms with Gasteiger partial charge in [-0.1, -0.05) is 6.07 Å². The third kappa shape index (κ3) is 5.01. The Morgan fingerprint density at radius 1 is 0.976 bits per heavy atom. The number of imidazole rings is 1. The second kappa shape index (κ2) is 10.4. The molecule has 0 atom stereocenters. The Balaban J connectivity index is 1.04. The largest absolute Gasteiger partial charge is 0.388 e. The minimum absolute atomic E-state index is 0.131. The number of pyridine rings is 3. The zero-order valence-corrected chi connectivity index (χ0v) is 23.3. The molecule has 2 fully saturated rings. The van der Waals surface area contributed by atoms with Gasteiger partial charge in [0.05, 0.1) is 52.5 Å². The van der Waals surface area contributed by atoms with Crippen molar-refractivity contribution >= 4 is 28.7 Å². The average Bonchev–Trinajstić information content (AvgIpc) is 3.60. The van der Waals surface area contributed by atoms with E-state index in [1.54, 1.807) is 12.4 Å². The van der Waals surface area contributed by atoms with Gasteiger partial charge in [0.1, 0.15) is 11.5 Å². The van der Waals surface area contributed by atoms with Gasteiger partial charge in [0.2, 0.25) is 0 Å². The van der Waals surface area contributed by atoms with Crippen LogP contribution in [-0.2, 0) is 6.54 Å². The molecule has 0 radical (unpaired) electrons. The first-order chi connectivity index (χ1) is 20.0. The SMILES string of the molecule is CN1CCN(CC2(O)CCN(c3ccc(Nc4cnc(-c5cnc6ccccn56)c5c4C(=O)NC5)nc3)CC2)CC1. The topological polar surface area (TPSA) is 114 Å². The van der Waals surface area contributed by atoms with Crippen LogP contribution in [0.3, 0.4) is 0 Å². The van der Waals surface area contributed by atoms with E-state index in [-0.39, 0.29) is 5.91 Å². The molecule has 3 N–H and O–H groups in total. The highest BCUT2D eigenvalue weighted by Gasteiger charge is 2.35. The molecule has 212 valence electrons. The van der Waals surface area contributed by atoms with Gasteiger partial charge in [-0.15, -0.1) is 0 Å². The Bertz CT molecular complexity index is 1570. The maximum Gasteiger partial charge on any atom is 0.254 e. The van der Waals surface area contributed by atoms with Gasteiger partial charge in [0, 0.05) is 64.1 Å². The maximum absolute atomic E-state index is 12.9. The van der Waals surface area contributed by atoms with E-state index in [1.165, 1.54) is 0 Å². The van der Waals surface area contributed by atoms with Crippen molar-refractivity contribution in [2.45, 2.75) is 25.0 Å². The Labute approximate surface area is 238 Å². The summed E-state index contributed by atoms with van der Waals surface area (Å²) in [6, 6.07) is 9.81. The first kappa shape index (κ1) is 25.9. The second-order valence-corrected chi connectivity index (χ2v) is 11.4. The summed E-state index contributed by atoms with van der Waals surface area (Å²) in [4.78, 5) is 33.8. The monoisotopic (exact) mass is 553 g/mol. The highest BCUT2D eigenvalue weighted by atomic mass is 16.3. The molecular formula is C30H35N9O2. The quantitative estimate of drug-likeness (QED) is 0.331. The number of fused-ring (bicyclic) bond motifs is 2. The van der Waals surface area contributed by atoms with Crippen molar-refractivity contribution in [1.82, 2.24) is 34.5 Å². The molecule has 7 heterocycles. The van der Waals surface area contributed by atoms with Gasteiger partial charge in [-0.05, 0) is 44.2 Å². The lowest BCUT2D eigenvalue weighted by Gasteiger charge is -2.43. The van der Waals surface area contributed by atoms with Crippen molar-refractivity contribution in [2.75, 3.05) is 63.1 Å². The normalized spacial score (nSPS) is 19.4. The van der Waals surface area contributed by atoms with Crippen molar-refractivity contribution < 1.29 is 9.90 Å². The first-order valence-corrected chi connectivity index (χ1v) is 14.3. The smallest absolute Gasteiger partial charge is 0.254 e. The number of nitrogens with one attached hydrogen (secondary N) is 2. The molecule has 0 saturated carbocycles. The van der Waals surface area contributed by atoms with Crippen LogP contribution in [0.4, 0.5) is 17.2 Å². The molecule has 1 amide bonds. The van der Waals surface area contributed by atoms with Gasteiger partial charge in [-0.3, -0.25) is 19.1 Å². The Kier molecular flexibility index (Phi) is 6.57. The third-order valence-electron chi connectivity index (χ3n) is 8.68. The summed E-state index contributed by atoms with van der Waals surface area (Å²) in [5.41, 5.74) is 4.87. The van der Waals surface area contributed by atoms with Gasteiger partial charge in [0.15, 0.2) is 0 Å². The van der Waals surface area contributed by atoms with Gasteiger partial charge >= 0.3 is 0 Å². The Morgan fingerprint density at radius 3 is 2.59 bits per heavy atom. The van der Waals surface area contributed by atoms with Crippen molar-refractivity contribution in [3.63, 3.8) is 0 Å². The number of piperazine rings is 1. The molecule has 0 aromatic carbocycles. The van der Waals surface area contributed by atoms with Gasteiger partial charge < -0.3 is 25.5 Å². The molecule has 11 heteroatoms. The lowest BCUT2D eigenvalue weighted by atomic mass is 9.90. The van der Waals surface area contributed by atoms with E-state index in [9.17, 15) is 9.90 Å². The molecule has 3 aliphatic rings. The van der Waals surface area contributed by atoms with E-state index in [2.05, 4.69) is 42.3 Å². The Morgan fingerprint density at radius 2 is 1.80 bits per heavy atom. The standard InChI is InChI=1S/C30H35N9O2/c1-36-12-14-37(15-13-36)20-30(41)7-10-38(11-8-30)21-5-6-25(31-16-21)35-23-18-33-28(22-17-34-29(40)27(22)23)24-19-32-26-4-2-3-9-39(24)26/h2-6,9,16,18-19,41H,7-8,10-15,17,20H2,1H3,(H,31,35)(H,34,40). The van der Waals surface area contributed by atoms with Crippen molar-refractivity contribution in [3.05, 3.63) is 66.2 Å². The summed E-state index contributed by atoms with van der Waals surface area (Å²) in [5.74, 6) is 0.512. The lowest BCUT2D eigenvalue weighted by Crippen LogP contribution is -2.54. The number of β-amino-alcohol motifs (C(OH)–C–C–N with tert-alkyl or cyclic N) is 1. The number of amides is 1.